The van der Waals surface area contributed by atoms with Crippen LogP contribution in [0.4, 0.5) is 0 Å². The van der Waals surface area contributed by atoms with Gasteiger partial charge in [-0.2, -0.15) is 0 Å². The molecule has 4 heteroatoms. The molecule has 3 unspecified atom stereocenters. The molecule has 1 heterocycles. The van der Waals surface area contributed by atoms with E-state index >= 15 is 0 Å². The van der Waals surface area contributed by atoms with E-state index in [9.17, 15) is 4.79 Å². The van der Waals surface area contributed by atoms with Gasteiger partial charge >= 0.3 is 0 Å². The van der Waals surface area contributed by atoms with Gasteiger partial charge in [0.25, 0.3) is 0 Å². The Kier molecular flexibility index (Phi) is 5.05. The monoisotopic (exact) mass is 214 g/mol. The van der Waals surface area contributed by atoms with E-state index in [1.165, 1.54) is 12.8 Å². The van der Waals surface area contributed by atoms with Crippen molar-refractivity contribution < 1.29 is 9.53 Å². The van der Waals surface area contributed by atoms with Crippen LogP contribution in [0.2, 0.25) is 0 Å². The van der Waals surface area contributed by atoms with Crippen LogP contribution in [0.3, 0.4) is 0 Å². The van der Waals surface area contributed by atoms with Gasteiger partial charge in [-0.3, -0.25) is 4.79 Å². The molecule has 1 rings (SSSR count). The number of carbonyl (C=O) groups excluding carboxylic acids is 1. The van der Waals surface area contributed by atoms with Gasteiger partial charge in [-0.05, 0) is 45.7 Å². The average molecular weight is 214 g/mol. The molecule has 0 aromatic heterocycles. The zero-order chi connectivity index (χ0) is 11.3. The fraction of sp³-hybridized carbons (Fsp3) is 0.909. The molecule has 1 saturated heterocycles. The summed E-state index contributed by atoms with van der Waals surface area (Å²) in [5.41, 5.74) is 0. The predicted molar refractivity (Wildman–Crippen MR) is 59.7 cm³/mol. The van der Waals surface area contributed by atoms with E-state index in [-0.39, 0.29) is 18.1 Å². The van der Waals surface area contributed by atoms with Gasteiger partial charge in [-0.1, -0.05) is 0 Å². The lowest BCUT2D eigenvalue weighted by atomic mass is 9.93. The average Bonchev–Trinajstić information content (AvgIpc) is 2.29. The standard InChI is InChI=1S/C11H22N2O2/c1-8(10-5-4-6-12-7-10)13-11(14)9(2)15-3/h8-10,12H,4-7H2,1-3H3,(H,13,14). The first kappa shape index (κ1) is 12.5. The molecule has 0 saturated carbocycles. The van der Waals surface area contributed by atoms with Crippen LogP contribution in [0.15, 0.2) is 0 Å². The van der Waals surface area contributed by atoms with Crippen LogP contribution in [-0.4, -0.2) is 38.3 Å². The Balaban J connectivity index is 2.33. The summed E-state index contributed by atoms with van der Waals surface area (Å²) < 4.78 is 4.97. The third kappa shape index (κ3) is 3.80. The molecule has 0 aromatic carbocycles. The molecule has 88 valence electrons. The maximum absolute atomic E-state index is 11.6. The molecule has 1 fully saturated rings. The summed E-state index contributed by atoms with van der Waals surface area (Å²) in [6, 6.07) is 0.225. The van der Waals surface area contributed by atoms with Crippen LogP contribution in [0.1, 0.15) is 26.7 Å². The van der Waals surface area contributed by atoms with Crippen molar-refractivity contribution in [3.05, 3.63) is 0 Å². The second-order valence-electron chi connectivity index (χ2n) is 4.28. The first-order valence-electron chi connectivity index (χ1n) is 5.69. The number of hydrogen-bond donors (Lipinski definition) is 2. The third-order valence-electron chi connectivity index (χ3n) is 3.13. The van der Waals surface area contributed by atoms with Crippen LogP contribution in [0.25, 0.3) is 0 Å². The van der Waals surface area contributed by atoms with Gasteiger partial charge in [-0.25, -0.2) is 0 Å². The molecule has 1 aliphatic heterocycles. The predicted octanol–water partition coefficient (Wildman–Crippen LogP) is 0.526. The number of ether oxygens (including phenoxy) is 1. The molecule has 3 atom stereocenters. The zero-order valence-corrected chi connectivity index (χ0v) is 9.88. The number of piperidine rings is 1. The summed E-state index contributed by atoms with van der Waals surface area (Å²) in [7, 11) is 1.55. The fourth-order valence-electron chi connectivity index (χ4n) is 1.87. The quantitative estimate of drug-likeness (QED) is 0.717. The molecule has 1 amide bonds. The summed E-state index contributed by atoms with van der Waals surface area (Å²) in [6.45, 7) is 5.94. The highest BCUT2D eigenvalue weighted by Crippen LogP contribution is 2.14. The first-order chi connectivity index (χ1) is 7.15. The molecule has 4 nitrogen and oxygen atoms in total. The molecule has 15 heavy (non-hydrogen) atoms. The summed E-state index contributed by atoms with van der Waals surface area (Å²) in [5.74, 6) is 0.530. The summed E-state index contributed by atoms with van der Waals surface area (Å²) in [5, 5.41) is 6.35. The topological polar surface area (TPSA) is 50.4 Å². The fourth-order valence-corrected chi connectivity index (χ4v) is 1.87. The van der Waals surface area contributed by atoms with E-state index in [2.05, 4.69) is 17.6 Å². The molecule has 2 N–H and O–H groups in total. The molecule has 0 radical (unpaired) electrons. The third-order valence-corrected chi connectivity index (χ3v) is 3.13. The van der Waals surface area contributed by atoms with Crippen molar-refractivity contribution in [2.24, 2.45) is 5.92 Å². The van der Waals surface area contributed by atoms with Crippen molar-refractivity contribution in [2.45, 2.75) is 38.8 Å². The summed E-state index contributed by atoms with van der Waals surface area (Å²) in [6.07, 6.45) is 2.03. The lowest BCUT2D eigenvalue weighted by Gasteiger charge is -2.29. The second-order valence-corrected chi connectivity index (χ2v) is 4.28. The molecular formula is C11H22N2O2. The van der Waals surface area contributed by atoms with Gasteiger partial charge in [0, 0.05) is 13.2 Å². The van der Waals surface area contributed by atoms with Crippen LogP contribution < -0.4 is 10.6 Å². The van der Waals surface area contributed by atoms with Gasteiger partial charge in [0.2, 0.25) is 5.91 Å². The number of rotatable bonds is 4. The van der Waals surface area contributed by atoms with Crippen molar-refractivity contribution in [3.8, 4) is 0 Å². The minimum Gasteiger partial charge on any atom is -0.372 e. The van der Waals surface area contributed by atoms with Gasteiger partial charge in [0.1, 0.15) is 6.10 Å². The molecule has 0 bridgehead atoms. The van der Waals surface area contributed by atoms with E-state index in [4.69, 9.17) is 4.74 Å². The number of nitrogens with one attached hydrogen (secondary N) is 2. The van der Waals surface area contributed by atoms with E-state index in [0.717, 1.165) is 13.1 Å². The largest absolute Gasteiger partial charge is 0.372 e. The number of hydrogen-bond acceptors (Lipinski definition) is 3. The Labute approximate surface area is 91.8 Å². The Morgan fingerprint density at radius 3 is 2.80 bits per heavy atom. The Hall–Kier alpha value is -0.610. The molecule has 0 aliphatic carbocycles. The van der Waals surface area contributed by atoms with Gasteiger partial charge in [0.05, 0.1) is 0 Å². The first-order valence-corrected chi connectivity index (χ1v) is 5.69. The maximum Gasteiger partial charge on any atom is 0.249 e. The minimum absolute atomic E-state index is 0.0180. The molecule has 0 aromatic rings. The zero-order valence-electron chi connectivity index (χ0n) is 9.88. The Morgan fingerprint density at radius 2 is 2.27 bits per heavy atom. The maximum atomic E-state index is 11.6. The lowest BCUT2D eigenvalue weighted by Crippen LogP contribution is -2.47. The van der Waals surface area contributed by atoms with Gasteiger partial charge < -0.3 is 15.4 Å². The Morgan fingerprint density at radius 1 is 1.53 bits per heavy atom. The lowest BCUT2D eigenvalue weighted by molar-refractivity contribution is -0.131. The minimum atomic E-state index is -0.357. The van der Waals surface area contributed by atoms with Crippen LogP contribution in [0, 0.1) is 5.92 Å². The van der Waals surface area contributed by atoms with E-state index in [1.54, 1.807) is 14.0 Å². The van der Waals surface area contributed by atoms with Crippen molar-refractivity contribution in [1.82, 2.24) is 10.6 Å². The SMILES string of the molecule is COC(C)C(=O)NC(C)C1CCCNC1. The van der Waals surface area contributed by atoms with Crippen molar-refractivity contribution in [2.75, 3.05) is 20.2 Å². The van der Waals surface area contributed by atoms with Crippen molar-refractivity contribution in [3.63, 3.8) is 0 Å². The van der Waals surface area contributed by atoms with Crippen LogP contribution >= 0.6 is 0 Å². The smallest absolute Gasteiger partial charge is 0.249 e. The highest BCUT2D eigenvalue weighted by atomic mass is 16.5. The number of methoxy groups -OCH3 is 1. The van der Waals surface area contributed by atoms with Crippen LogP contribution in [0.5, 0.6) is 0 Å². The van der Waals surface area contributed by atoms with E-state index < -0.39 is 0 Å². The molecule has 1 aliphatic rings. The normalized spacial score (nSPS) is 25.7. The summed E-state index contributed by atoms with van der Waals surface area (Å²) >= 11 is 0. The molecular weight excluding hydrogens is 192 g/mol. The highest BCUT2D eigenvalue weighted by Gasteiger charge is 2.22. The van der Waals surface area contributed by atoms with Gasteiger partial charge in [-0.15, -0.1) is 0 Å². The highest BCUT2D eigenvalue weighted by molar-refractivity contribution is 5.80. The van der Waals surface area contributed by atoms with Gasteiger partial charge in [0.15, 0.2) is 0 Å². The van der Waals surface area contributed by atoms with E-state index in [1.807, 2.05) is 0 Å². The Bertz CT molecular complexity index is 203. The number of amides is 1. The van der Waals surface area contributed by atoms with Crippen LogP contribution in [-0.2, 0) is 9.53 Å². The van der Waals surface area contributed by atoms with Crippen molar-refractivity contribution >= 4 is 5.91 Å². The summed E-state index contributed by atoms with van der Waals surface area (Å²) in [4.78, 5) is 11.6. The second kappa shape index (κ2) is 6.08. The number of carbonyl (C=O) groups is 1. The van der Waals surface area contributed by atoms with Crippen molar-refractivity contribution in [1.29, 1.82) is 0 Å². The van der Waals surface area contributed by atoms with E-state index in [0.29, 0.717) is 5.92 Å². The molecule has 0 spiro atoms.